The molecule has 2 amide bonds. The van der Waals surface area contributed by atoms with Gasteiger partial charge in [-0.1, -0.05) is 17.8 Å². The van der Waals surface area contributed by atoms with Gasteiger partial charge >= 0.3 is 0 Å². The van der Waals surface area contributed by atoms with Gasteiger partial charge < -0.3 is 19.9 Å². The van der Waals surface area contributed by atoms with Gasteiger partial charge in [0, 0.05) is 36.5 Å². The van der Waals surface area contributed by atoms with Gasteiger partial charge in [0.25, 0.3) is 0 Å². The maximum atomic E-state index is 12.3. The normalized spacial score (nSPS) is 10.5. The first kappa shape index (κ1) is 21.4. The number of benzene rings is 2. The molecule has 0 aliphatic carbocycles. The molecule has 9 heteroatoms. The lowest BCUT2D eigenvalue weighted by Crippen LogP contribution is -2.14. The fourth-order valence-corrected chi connectivity index (χ4v) is 3.63. The first-order valence-electron chi connectivity index (χ1n) is 9.38. The molecular weight excluding hydrogens is 402 g/mol. The molecule has 0 aliphatic heterocycles. The van der Waals surface area contributed by atoms with Gasteiger partial charge in [0.05, 0.1) is 12.9 Å². The molecule has 8 nitrogen and oxygen atoms in total. The van der Waals surface area contributed by atoms with E-state index in [1.807, 2.05) is 54.0 Å². The summed E-state index contributed by atoms with van der Waals surface area (Å²) in [5.74, 6) is 1.34. The molecule has 0 saturated carbocycles. The topological polar surface area (TPSA) is 98.1 Å². The first-order chi connectivity index (χ1) is 14.5. The quantitative estimate of drug-likeness (QED) is 0.535. The van der Waals surface area contributed by atoms with Crippen molar-refractivity contribution in [3.8, 4) is 17.1 Å². The van der Waals surface area contributed by atoms with Gasteiger partial charge in [-0.15, -0.1) is 10.2 Å². The van der Waals surface area contributed by atoms with E-state index >= 15 is 0 Å². The van der Waals surface area contributed by atoms with Gasteiger partial charge in [-0.05, 0) is 43.3 Å². The molecule has 0 bridgehead atoms. The fraction of sp³-hybridized carbons (Fsp3) is 0.238. The zero-order valence-electron chi connectivity index (χ0n) is 17.0. The predicted octanol–water partition coefficient (Wildman–Crippen LogP) is 3.66. The van der Waals surface area contributed by atoms with Gasteiger partial charge in [0.2, 0.25) is 11.8 Å². The largest absolute Gasteiger partial charge is 0.497 e. The number of hydrogen-bond donors (Lipinski definition) is 2. The molecule has 0 aliphatic rings. The van der Waals surface area contributed by atoms with Crippen LogP contribution in [0.2, 0.25) is 0 Å². The number of nitrogens with zero attached hydrogens (tertiary/aromatic N) is 3. The van der Waals surface area contributed by atoms with E-state index in [1.165, 1.54) is 18.7 Å². The number of carbonyl (C=O) groups is 2. The van der Waals surface area contributed by atoms with Gasteiger partial charge in [0.1, 0.15) is 5.75 Å². The van der Waals surface area contributed by atoms with Gasteiger partial charge in [-0.25, -0.2) is 0 Å². The second-order valence-electron chi connectivity index (χ2n) is 6.38. The third-order valence-electron chi connectivity index (χ3n) is 4.18. The predicted molar refractivity (Wildman–Crippen MR) is 118 cm³/mol. The molecule has 0 saturated heterocycles. The molecular formula is C21H23N5O3S. The Bertz CT molecular complexity index is 1030. The highest BCUT2D eigenvalue weighted by Gasteiger charge is 2.15. The minimum Gasteiger partial charge on any atom is -0.497 e. The highest BCUT2D eigenvalue weighted by Crippen LogP contribution is 2.25. The average Bonchev–Trinajstić information content (AvgIpc) is 3.15. The number of nitrogens with one attached hydrogen (secondary N) is 2. The van der Waals surface area contributed by atoms with Crippen molar-refractivity contribution in [3.05, 3.63) is 48.5 Å². The number of carbonyl (C=O) groups excluding carboxylic acids is 2. The standard InChI is InChI=1S/C21H23N5O3S/c1-4-26-20(15-8-10-16(11-9-15)22-14(2)27)24-25-21(26)30-13-19(28)23-17-6-5-7-18(12-17)29-3/h5-12H,4,13H2,1-3H3,(H,22,27)(H,23,28). The first-order valence-corrected chi connectivity index (χ1v) is 10.4. The molecule has 0 radical (unpaired) electrons. The molecule has 0 fully saturated rings. The molecule has 30 heavy (non-hydrogen) atoms. The van der Waals surface area contributed by atoms with Crippen LogP contribution in [-0.2, 0) is 16.1 Å². The molecule has 2 aromatic carbocycles. The van der Waals surface area contributed by atoms with Crippen molar-refractivity contribution in [3.63, 3.8) is 0 Å². The Morgan fingerprint density at radius 3 is 2.50 bits per heavy atom. The summed E-state index contributed by atoms with van der Waals surface area (Å²) in [7, 11) is 1.58. The minimum absolute atomic E-state index is 0.120. The monoisotopic (exact) mass is 425 g/mol. The van der Waals surface area contributed by atoms with Crippen LogP contribution in [0.25, 0.3) is 11.4 Å². The van der Waals surface area contributed by atoms with Crippen molar-refractivity contribution in [1.82, 2.24) is 14.8 Å². The fourth-order valence-electron chi connectivity index (χ4n) is 2.83. The van der Waals surface area contributed by atoms with Crippen molar-refractivity contribution in [1.29, 1.82) is 0 Å². The van der Waals surface area contributed by atoms with Crippen LogP contribution in [0.15, 0.2) is 53.7 Å². The highest BCUT2D eigenvalue weighted by atomic mass is 32.2. The van der Waals surface area contributed by atoms with E-state index in [-0.39, 0.29) is 17.6 Å². The summed E-state index contributed by atoms with van der Waals surface area (Å²) >= 11 is 1.33. The molecule has 0 atom stereocenters. The Morgan fingerprint density at radius 1 is 1.07 bits per heavy atom. The molecule has 0 spiro atoms. The van der Waals surface area contributed by atoms with Crippen molar-refractivity contribution in [2.75, 3.05) is 23.5 Å². The lowest BCUT2D eigenvalue weighted by atomic mass is 10.2. The van der Waals surface area contributed by atoms with Crippen molar-refractivity contribution in [2.45, 2.75) is 25.5 Å². The zero-order chi connectivity index (χ0) is 21.5. The summed E-state index contributed by atoms with van der Waals surface area (Å²) in [4.78, 5) is 23.5. The Labute approximate surface area is 179 Å². The van der Waals surface area contributed by atoms with Crippen LogP contribution < -0.4 is 15.4 Å². The van der Waals surface area contributed by atoms with E-state index in [2.05, 4.69) is 20.8 Å². The van der Waals surface area contributed by atoms with E-state index in [1.54, 1.807) is 13.2 Å². The average molecular weight is 426 g/mol. The van der Waals surface area contributed by atoms with Crippen LogP contribution in [-0.4, -0.2) is 39.4 Å². The van der Waals surface area contributed by atoms with Crippen LogP contribution in [0.5, 0.6) is 5.75 Å². The lowest BCUT2D eigenvalue weighted by molar-refractivity contribution is -0.114. The number of hydrogen-bond acceptors (Lipinski definition) is 6. The van der Waals surface area contributed by atoms with E-state index in [4.69, 9.17) is 4.74 Å². The SMILES string of the molecule is CCn1c(SCC(=O)Nc2cccc(OC)c2)nnc1-c1ccc(NC(C)=O)cc1. The van der Waals surface area contributed by atoms with E-state index in [0.717, 1.165) is 11.3 Å². The Kier molecular flexibility index (Phi) is 7.08. The zero-order valence-corrected chi connectivity index (χ0v) is 17.8. The summed E-state index contributed by atoms with van der Waals surface area (Å²) in [5, 5.41) is 14.8. The number of aromatic nitrogens is 3. The summed E-state index contributed by atoms with van der Waals surface area (Å²) < 4.78 is 7.12. The van der Waals surface area contributed by atoms with Crippen LogP contribution in [0, 0.1) is 0 Å². The van der Waals surface area contributed by atoms with E-state index in [9.17, 15) is 9.59 Å². The number of methoxy groups -OCH3 is 1. The number of thioether (sulfide) groups is 1. The molecule has 3 rings (SSSR count). The maximum absolute atomic E-state index is 12.3. The third-order valence-corrected chi connectivity index (χ3v) is 5.15. The van der Waals surface area contributed by atoms with Crippen LogP contribution in [0.1, 0.15) is 13.8 Å². The second-order valence-corrected chi connectivity index (χ2v) is 7.32. The number of ether oxygens (including phenoxy) is 1. The van der Waals surface area contributed by atoms with Crippen molar-refractivity contribution in [2.24, 2.45) is 0 Å². The van der Waals surface area contributed by atoms with E-state index in [0.29, 0.717) is 29.0 Å². The third kappa shape index (κ3) is 5.38. The summed E-state index contributed by atoms with van der Waals surface area (Å²) in [6.07, 6.45) is 0. The molecule has 0 unspecified atom stereocenters. The van der Waals surface area contributed by atoms with Crippen molar-refractivity contribution < 1.29 is 14.3 Å². The molecule has 156 valence electrons. The summed E-state index contributed by atoms with van der Waals surface area (Å²) in [6.45, 7) is 4.13. The number of amides is 2. The smallest absolute Gasteiger partial charge is 0.234 e. The molecule has 3 aromatic rings. The van der Waals surface area contributed by atoms with Crippen molar-refractivity contribution >= 4 is 35.0 Å². The highest BCUT2D eigenvalue weighted by molar-refractivity contribution is 7.99. The molecule has 2 N–H and O–H groups in total. The maximum Gasteiger partial charge on any atom is 0.234 e. The Morgan fingerprint density at radius 2 is 1.83 bits per heavy atom. The number of anilines is 2. The minimum atomic E-state index is -0.139. The summed E-state index contributed by atoms with van der Waals surface area (Å²) in [6, 6.07) is 14.6. The van der Waals surface area contributed by atoms with Gasteiger partial charge in [0.15, 0.2) is 11.0 Å². The van der Waals surface area contributed by atoms with Gasteiger partial charge in [-0.2, -0.15) is 0 Å². The lowest BCUT2D eigenvalue weighted by Gasteiger charge is -2.09. The molecule has 1 heterocycles. The van der Waals surface area contributed by atoms with Crippen LogP contribution >= 0.6 is 11.8 Å². The second kappa shape index (κ2) is 9.93. The Balaban J connectivity index is 1.66. The Hall–Kier alpha value is -3.33. The van der Waals surface area contributed by atoms with E-state index < -0.39 is 0 Å². The summed E-state index contributed by atoms with van der Waals surface area (Å²) in [5.41, 5.74) is 2.28. The molecule has 1 aromatic heterocycles. The van der Waals surface area contributed by atoms with Gasteiger partial charge in [-0.3, -0.25) is 9.59 Å². The van der Waals surface area contributed by atoms with Crippen LogP contribution in [0.4, 0.5) is 11.4 Å². The number of rotatable bonds is 8. The van der Waals surface area contributed by atoms with Crippen LogP contribution in [0.3, 0.4) is 0 Å².